The molecule has 1 aliphatic heterocycles. The Balaban J connectivity index is 1.89. The van der Waals surface area contributed by atoms with Gasteiger partial charge in [0.15, 0.2) is 0 Å². The number of carbonyl (C=O) groups is 2. The van der Waals surface area contributed by atoms with Gasteiger partial charge < -0.3 is 16.0 Å². The number of likely N-dealkylation sites (tertiary alicyclic amines) is 1. The maximum Gasteiger partial charge on any atom is 0.244 e. The topological polar surface area (TPSA) is 101 Å². The van der Waals surface area contributed by atoms with E-state index in [2.05, 4.69) is 15.3 Å². The van der Waals surface area contributed by atoms with Gasteiger partial charge in [-0.3, -0.25) is 9.59 Å². The molecule has 0 saturated carbocycles. The predicted molar refractivity (Wildman–Crippen MR) is 97.1 cm³/mol. The minimum absolute atomic E-state index is 0.0213. The molecule has 1 aromatic rings. The molecule has 1 aromatic heterocycles. The summed E-state index contributed by atoms with van der Waals surface area (Å²) in [5.74, 6) is 1.51. The average molecular weight is 368 g/mol. The molecule has 1 fully saturated rings. The van der Waals surface area contributed by atoms with E-state index in [1.165, 1.54) is 0 Å². The number of hydrogen-bond donors (Lipinski definition) is 2. The van der Waals surface area contributed by atoms with Crippen molar-refractivity contribution in [3.63, 3.8) is 0 Å². The molecule has 0 aromatic carbocycles. The molecule has 1 saturated heterocycles. The van der Waals surface area contributed by atoms with Gasteiger partial charge in [-0.1, -0.05) is 11.6 Å². The minimum atomic E-state index is -0.475. The van der Waals surface area contributed by atoms with E-state index in [1.54, 1.807) is 13.8 Å². The van der Waals surface area contributed by atoms with Crippen LogP contribution in [0.2, 0.25) is 5.15 Å². The van der Waals surface area contributed by atoms with E-state index in [9.17, 15) is 9.59 Å². The molecule has 2 unspecified atom stereocenters. The number of nitrogens with two attached hydrogens (primary N) is 1. The van der Waals surface area contributed by atoms with Crippen molar-refractivity contribution < 1.29 is 9.59 Å². The van der Waals surface area contributed by atoms with Crippen LogP contribution in [0.5, 0.6) is 0 Å². The van der Waals surface area contributed by atoms with Gasteiger partial charge in [0.1, 0.15) is 22.8 Å². The highest BCUT2D eigenvalue weighted by Crippen LogP contribution is 2.26. The van der Waals surface area contributed by atoms with Crippen LogP contribution in [0, 0.1) is 12.8 Å². The zero-order chi connectivity index (χ0) is 18.4. The van der Waals surface area contributed by atoms with E-state index in [0.717, 1.165) is 44.2 Å². The molecule has 2 amide bonds. The second-order valence-corrected chi connectivity index (χ2v) is 6.95. The summed E-state index contributed by atoms with van der Waals surface area (Å²) < 4.78 is 0. The molecule has 25 heavy (non-hydrogen) atoms. The summed E-state index contributed by atoms with van der Waals surface area (Å²) in [6, 6.07) is -0.475. The lowest BCUT2D eigenvalue weighted by atomic mass is 9.93. The van der Waals surface area contributed by atoms with Crippen LogP contribution in [0.25, 0.3) is 0 Å². The van der Waals surface area contributed by atoms with Gasteiger partial charge >= 0.3 is 0 Å². The number of aryl methyl sites for hydroxylation is 1. The standard InChI is InChI=1S/C17H26ClN5O2/c1-11(20-10-24)17(25)23-8-3-4-13(7-9-23)5-6-14-15(18)21-12(2)22-16(14)19/h10-11,13H,3-9H2,1-2H3,(H,20,24)(H2,19,21,22). The summed E-state index contributed by atoms with van der Waals surface area (Å²) in [6.45, 7) is 4.92. The zero-order valence-electron chi connectivity index (χ0n) is 14.8. The molecule has 2 rings (SSSR count). The quantitative estimate of drug-likeness (QED) is 0.588. The number of anilines is 1. The number of hydrogen-bond acceptors (Lipinski definition) is 5. The van der Waals surface area contributed by atoms with Crippen molar-refractivity contribution in [2.45, 2.75) is 52.0 Å². The Hall–Kier alpha value is -1.89. The third kappa shape index (κ3) is 5.29. The lowest BCUT2D eigenvalue weighted by molar-refractivity contribution is -0.134. The molecular weight excluding hydrogens is 342 g/mol. The maximum atomic E-state index is 12.3. The largest absolute Gasteiger partial charge is 0.383 e. The number of carbonyl (C=O) groups excluding carboxylic acids is 2. The van der Waals surface area contributed by atoms with E-state index in [0.29, 0.717) is 35.7 Å². The average Bonchev–Trinajstić information content (AvgIpc) is 2.79. The highest BCUT2D eigenvalue weighted by molar-refractivity contribution is 6.30. The number of aromatic nitrogens is 2. The minimum Gasteiger partial charge on any atom is -0.383 e. The van der Waals surface area contributed by atoms with Crippen molar-refractivity contribution in [1.29, 1.82) is 0 Å². The fourth-order valence-electron chi connectivity index (χ4n) is 3.28. The van der Waals surface area contributed by atoms with Crippen molar-refractivity contribution in [3.8, 4) is 0 Å². The van der Waals surface area contributed by atoms with Gasteiger partial charge in [0.25, 0.3) is 0 Å². The van der Waals surface area contributed by atoms with E-state index >= 15 is 0 Å². The summed E-state index contributed by atoms with van der Waals surface area (Å²) in [4.78, 5) is 33.0. The van der Waals surface area contributed by atoms with Crippen LogP contribution in [0.15, 0.2) is 0 Å². The van der Waals surface area contributed by atoms with Crippen LogP contribution < -0.4 is 11.1 Å². The van der Waals surface area contributed by atoms with Gasteiger partial charge in [-0.05, 0) is 51.9 Å². The Labute approximate surface area is 153 Å². The molecule has 7 nitrogen and oxygen atoms in total. The summed E-state index contributed by atoms with van der Waals surface area (Å²) in [6.07, 6.45) is 5.21. The van der Waals surface area contributed by atoms with Gasteiger partial charge in [0, 0.05) is 18.7 Å². The first-order valence-electron chi connectivity index (χ1n) is 8.69. The van der Waals surface area contributed by atoms with Crippen LogP contribution in [-0.4, -0.2) is 46.3 Å². The molecule has 2 atom stereocenters. The first-order valence-corrected chi connectivity index (χ1v) is 9.07. The van der Waals surface area contributed by atoms with E-state index in [-0.39, 0.29) is 5.91 Å². The van der Waals surface area contributed by atoms with E-state index < -0.39 is 6.04 Å². The zero-order valence-corrected chi connectivity index (χ0v) is 15.6. The van der Waals surface area contributed by atoms with Crippen LogP contribution in [0.1, 0.15) is 44.0 Å². The van der Waals surface area contributed by atoms with Crippen molar-refractivity contribution in [2.75, 3.05) is 18.8 Å². The monoisotopic (exact) mass is 367 g/mol. The van der Waals surface area contributed by atoms with Crippen molar-refractivity contribution in [3.05, 3.63) is 16.5 Å². The SMILES string of the molecule is Cc1nc(N)c(CCC2CCCN(C(=O)C(C)NC=O)CC2)c(Cl)n1. The molecule has 1 aliphatic rings. The van der Waals surface area contributed by atoms with Crippen LogP contribution in [0.3, 0.4) is 0 Å². The lowest BCUT2D eigenvalue weighted by Gasteiger charge is -2.24. The molecule has 0 aliphatic carbocycles. The van der Waals surface area contributed by atoms with Gasteiger partial charge in [-0.15, -0.1) is 0 Å². The Morgan fingerprint density at radius 3 is 2.88 bits per heavy atom. The Kier molecular flexibility index (Phi) is 6.99. The van der Waals surface area contributed by atoms with Gasteiger partial charge in [-0.25, -0.2) is 9.97 Å². The Morgan fingerprint density at radius 1 is 1.44 bits per heavy atom. The number of rotatable bonds is 6. The number of nitrogens with one attached hydrogen (secondary N) is 1. The molecule has 3 N–H and O–H groups in total. The first-order chi connectivity index (χ1) is 11.9. The number of nitrogen functional groups attached to an aromatic ring is 1. The summed E-state index contributed by atoms with van der Waals surface area (Å²) >= 11 is 6.19. The number of nitrogens with zero attached hydrogens (tertiary/aromatic N) is 3. The van der Waals surface area contributed by atoms with Crippen molar-refractivity contribution in [2.24, 2.45) is 5.92 Å². The normalized spacial score (nSPS) is 19.2. The summed E-state index contributed by atoms with van der Waals surface area (Å²) in [5.41, 5.74) is 6.78. The summed E-state index contributed by atoms with van der Waals surface area (Å²) in [7, 11) is 0. The highest BCUT2D eigenvalue weighted by atomic mass is 35.5. The van der Waals surface area contributed by atoms with Gasteiger partial charge in [-0.2, -0.15) is 0 Å². The third-order valence-electron chi connectivity index (χ3n) is 4.75. The predicted octanol–water partition coefficient (Wildman–Crippen LogP) is 1.72. The van der Waals surface area contributed by atoms with E-state index in [1.807, 2.05) is 4.90 Å². The third-order valence-corrected chi connectivity index (χ3v) is 5.06. The molecule has 2 heterocycles. The van der Waals surface area contributed by atoms with E-state index in [4.69, 9.17) is 17.3 Å². The molecule has 0 bridgehead atoms. The van der Waals surface area contributed by atoms with Gasteiger partial charge in [0.2, 0.25) is 12.3 Å². The summed E-state index contributed by atoms with van der Waals surface area (Å²) in [5, 5.41) is 2.96. The lowest BCUT2D eigenvalue weighted by Crippen LogP contribution is -2.44. The fourth-order valence-corrected chi connectivity index (χ4v) is 3.60. The molecule has 8 heteroatoms. The fraction of sp³-hybridized carbons (Fsp3) is 0.647. The van der Waals surface area contributed by atoms with Crippen LogP contribution >= 0.6 is 11.6 Å². The Bertz CT molecular complexity index is 602. The highest BCUT2D eigenvalue weighted by Gasteiger charge is 2.24. The van der Waals surface area contributed by atoms with Crippen molar-refractivity contribution >= 4 is 29.7 Å². The maximum absolute atomic E-state index is 12.3. The number of amides is 2. The Morgan fingerprint density at radius 2 is 2.20 bits per heavy atom. The molecule has 0 radical (unpaired) electrons. The van der Waals surface area contributed by atoms with Crippen molar-refractivity contribution in [1.82, 2.24) is 20.2 Å². The second-order valence-electron chi connectivity index (χ2n) is 6.59. The molecular formula is C17H26ClN5O2. The molecule has 138 valence electrons. The first kappa shape index (κ1) is 19.4. The molecule has 0 spiro atoms. The second kappa shape index (κ2) is 8.99. The van der Waals surface area contributed by atoms with Crippen LogP contribution in [-0.2, 0) is 16.0 Å². The smallest absolute Gasteiger partial charge is 0.244 e. The number of halogens is 1. The van der Waals surface area contributed by atoms with Gasteiger partial charge in [0.05, 0.1) is 0 Å². The van der Waals surface area contributed by atoms with Crippen LogP contribution in [0.4, 0.5) is 5.82 Å².